The average molecular weight is 303 g/mol. The molecule has 0 unspecified atom stereocenters. The summed E-state index contributed by atoms with van der Waals surface area (Å²) in [5.41, 5.74) is 0.601. The Morgan fingerprint density at radius 3 is 2.37 bits per heavy atom. The Hall–Kier alpha value is -0.770. The summed E-state index contributed by atoms with van der Waals surface area (Å²) in [4.78, 5) is 14.1. The highest BCUT2D eigenvalue weighted by molar-refractivity contribution is 6.36. The molecule has 1 amide bonds. The molecule has 1 aromatic rings. The highest BCUT2D eigenvalue weighted by atomic mass is 35.5. The summed E-state index contributed by atoms with van der Waals surface area (Å²) in [5, 5.41) is 3.83. The fraction of sp³-hybridized carbons (Fsp3) is 0.500. The van der Waals surface area contributed by atoms with Crippen LogP contribution < -0.4 is 5.32 Å². The third-order valence-electron chi connectivity index (χ3n) is 2.65. The van der Waals surface area contributed by atoms with E-state index in [9.17, 15) is 4.79 Å². The summed E-state index contributed by atoms with van der Waals surface area (Å²) in [5.74, 6) is -0.0499. The Balaban J connectivity index is 2.58. The monoisotopic (exact) mass is 302 g/mol. The van der Waals surface area contributed by atoms with Crippen LogP contribution in [0.3, 0.4) is 0 Å². The molecule has 3 nitrogen and oxygen atoms in total. The molecular formula is C14H20Cl2N2O. The Bertz CT molecular complexity index is 418. The fourth-order valence-corrected chi connectivity index (χ4v) is 2.34. The van der Waals surface area contributed by atoms with Crippen LogP contribution in [0.5, 0.6) is 0 Å². The van der Waals surface area contributed by atoms with E-state index in [2.05, 4.69) is 24.1 Å². The number of rotatable bonds is 7. The molecule has 0 saturated carbocycles. The van der Waals surface area contributed by atoms with Gasteiger partial charge >= 0.3 is 0 Å². The van der Waals surface area contributed by atoms with Gasteiger partial charge in [0.15, 0.2) is 0 Å². The molecule has 0 atom stereocenters. The van der Waals surface area contributed by atoms with E-state index < -0.39 is 0 Å². The van der Waals surface area contributed by atoms with Gasteiger partial charge in [-0.1, -0.05) is 37.0 Å². The lowest BCUT2D eigenvalue weighted by Crippen LogP contribution is -2.34. The standard InChI is InChI=1S/C14H20Cl2N2O/c1-3-7-18(8-4-2)10-14(19)17-13-6-5-11(15)9-12(13)16/h5-6,9H,3-4,7-8,10H2,1-2H3,(H,17,19). The first-order valence-electron chi connectivity index (χ1n) is 6.54. The minimum Gasteiger partial charge on any atom is -0.324 e. The van der Waals surface area contributed by atoms with Crippen LogP contribution in [0.1, 0.15) is 26.7 Å². The lowest BCUT2D eigenvalue weighted by molar-refractivity contribution is -0.117. The lowest BCUT2D eigenvalue weighted by atomic mass is 10.3. The summed E-state index contributed by atoms with van der Waals surface area (Å²) in [6.07, 6.45) is 2.07. The summed E-state index contributed by atoms with van der Waals surface area (Å²) < 4.78 is 0. The third-order valence-corrected chi connectivity index (χ3v) is 3.20. The molecule has 0 aliphatic rings. The molecule has 0 radical (unpaired) electrons. The Kier molecular flexibility index (Phi) is 7.21. The highest BCUT2D eigenvalue weighted by Crippen LogP contribution is 2.25. The molecular weight excluding hydrogens is 283 g/mol. The second-order valence-corrected chi connectivity index (χ2v) is 5.29. The van der Waals surface area contributed by atoms with E-state index in [1.165, 1.54) is 0 Å². The summed E-state index contributed by atoms with van der Waals surface area (Å²) in [7, 11) is 0. The first kappa shape index (κ1) is 16.3. The van der Waals surface area contributed by atoms with Gasteiger partial charge in [0, 0.05) is 5.02 Å². The van der Waals surface area contributed by atoms with E-state index in [0.29, 0.717) is 22.3 Å². The van der Waals surface area contributed by atoms with Gasteiger partial charge in [0.2, 0.25) is 5.91 Å². The van der Waals surface area contributed by atoms with Crippen molar-refractivity contribution in [3.05, 3.63) is 28.2 Å². The molecule has 1 aromatic carbocycles. The zero-order valence-electron chi connectivity index (χ0n) is 11.4. The van der Waals surface area contributed by atoms with E-state index >= 15 is 0 Å². The second kappa shape index (κ2) is 8.41. The van der Waals surface area contributed by atoms with Gasteiger partial charge in [-0.15, -0.1) is 0 Å². The normalized spacial score (nSPS) is 10.8. The molecule has 0 bridgehead atoms. The zero-order chi connectivity index (χ0) is 14.3. The smallest absolute Gasteiger partial charge is 0.238 e. The molecule has 0 aliphatic heterocycles. The van der Waals surface area contributed by atoms with E-state index in [-0.39, 0.29) is 5.91 Å². The highest BCUT2D eigenvalue weighted by Gasteiger charge is 2.11. The predicted molar refractivity (Wildman–Crippen MR) is 82.1 cm³/mol. The third kappa shape index (κ3) is 5.81. The van der Waals surface area contributed by atoms with Crippen LogP contribution in [0.4, 0.5) is 5.69 Å². The molecule has 0 spiro atoms. The van der Waals surface area contributed by atoms with Crippen LogP contribution in [-0.2, 0) is 4.79 Å². The van der Waals surface area contributed by atoms with Crippen molar-refractivity contribution in [3.63, 3.8) is 0 Å². The first-order valence-corrected chi connectivity index (χ1v) is 7.29. The molecule has 1 rings (SSSR count). The largest absolute Gasteiger partial charge is 0.324 e. The van der Waals surface area contributed by atoms with E-state index in [1.54, 1.807) is 18.2 Å². The van der Waals surface area contributed by atoms with Gasteiger partial charge in [0.1, 0.15) is 0 Å². The molecule has 0 aromatic heterocycles. The molecule has 5 heteroatoms. The van der Waals surface area contributed by atoms with Crippen LogP contribution in [0.2, 0.25) is 10.0 Å². The molecule has 0 saturated heterocycles. The zero-order valence-corrected chi connectivity index (χ0v) is 12.9. The number of benzene rings is 1. The van der Waals surface area contributed by atoms with Gasteiger partial charge in [0.05, 0.1) is 17.3 Å². The number of hydrogen-bond donors (Lipinski definition) is 1. The molecule has 0 heterocycles. The van der Waals surface area contributed by atoms with Gasteiger partial charge in [-0.2, -0.15) is 0 Å². The quantitative estimate of drug-likeness (QED) is 0.824. The first-order chi connectivity index (χ1) is 9.06. The number of nitrogens with one attached hydrogen (secondary N) is 1. The minimum absolute atomic E-state index is 0.0499. The Labute approximate surface area is 124 Å². The van der Waals surface area contributed by atoms with Crippen molar-refractivity contribution in [1.82, 2.24) is 4.90 Å². The van der Waals surface area contributed by atoms with E-state index in [0.717, 1.165) is 25.9 Å². The molecule has 19 heavy (non-hydrogen) atoms. The van der Waals surface area contributed by atoms with Crippen LogP contribution >= 0.6 is 23.2 Å². The SMILES string of the molecule is CCCN(CCC)CC(=O)Nc1ccc(Cl)cc1Cl. The number of amides is 1. The van der Waals surface area contributed by atoms with Crippen molar-refractivity contribution in [2.75, 3.05) is 25.0 Å². The van der Waals surface area contributed by atoms with Gasteiger partial charge in [-0.25, -0.2) is 0 Å². The summed E-state index contributed by atoms with van der Waals surface area (Å²) in [6.45, 7) is 6.46. The summed E-state index contributed by atoms with van der Waals surface area (Å²) in [6, 6.07) is 5.04. The number of carbonyl (C=O) groups is 1. The predicted octanol–water partition coefficient (Wildman–Crippen LogP) is 4.05. The molecule has 0 fully saturated rings. The molecule has 1 N–H and O–H groups in total. The number of hydrogen-bond acceptors (Lipinski definition) is 2. The number of halogens is 2. The van der Waals surface area contributed by atoms with Crippen molar-refractivity contribution in [1.29, 1.82) is 0 Å². The van der Waals surface area contributed by atoms with Crippen LogP contribution in [0, 0.1) is 0 Å². The lowest BCUT2D eigenvalue weighted by Gasteiger charge is -2.20. The van der Waals surface area contributed by atoms with Crippen molar-refractivity contribution >= 4 is 34.8 Å². The maximum absolute atomic E-state index is 12.0. The second-order valence-electron chi connectivity index (χ2n) is 4.45. The minimum atomic E-state index is -0.0499. The van der Waals surface area contributed by atoms with Crippen LogP contribution in [0.25, 0.3) is 0 Å². The average Bonchev–Trinajstić information content (AvgIpc) is 2.33. The van der Waals surface area contributed by atoms with Gasteiger partial charge < -0.3 is 5.32 Å². The van der Waals surface area contributed by atoms with Crippen LogP contribution in [-0.4, -0.2) is 30.4 Å². The molecule has 106 valence electrons. The van der Waals surface area contributed by atoms with Gasteiger partial charge in [0.25, 0.3) is 0 Å². The number of nitrogens with zero attached hydrogens (tertiary/aromatic N) is 1. The molecule has 0 aliphatic carbocycles. The van der Waals surface area contributed by atoms with Crippen LogP contribution in [0.15, 0.2) is 18.2 Å². The number of anilines is 1. The van der Waals surface area contributed by atoms with Gasteiger partial charge in [-0.05, 0) is 44.1 Å². The van der Waals surface area contributed by atoms with E-state index in [4.69, 9.17) is 23.2 Å². The van der Waals surface area contributed by atoms with Gasteiger partial charge in [-0.3, -0.25) is 9.69 Å². The van der Waals surface area contributed by atoms with Crippen molar-refractivity contribution in [2.45, 2.75) is 26.7 Å². The van der Waals surface area contributed by atoms with Crippen molar-refractivity contribution in [3.8, 4) is 0 Å². The van der Waals surface area contributed by atoms with Crippen molar-refractivity contribution < 1.29 is 4.79 Å². The topological polar surface area (TPSA) is 32.3 Å². The summed E-state index contributed by atoms with van der Waals surface area (Å²) >= 11 is 11.8. The Morgan fingerprint density at radius 1 is 1.21 bits per heavy atom. The maximum atomic E-state index is 12.0. The number of carbonyl (C=O) groups excluding carboxylic acids is 1. The van der Waals surface area contributed by atoms with E-state index in [1.807, 2.05) is 0 Å². The Morgan fingerprint density at radius 2 is 1.84 bits per heavy atom. The fourth-order valence-electron chi connectivity index (χ4n) is 1.89. The van der Waals surface area contributed by atoms with Crippen molar-refractivity contribution in [2.24, 2.45) is 0 Å². The maximum Gasteiger partial charge on any atom is 0.238 e.